The molecule has 1 aliphatic rings. The fourth-order valence-electron chi connectivity index (χ4n) is 1.17. The lowest BCUT2D eigenvalue weighted by Gasteiger charge is -2.06. The van der Waals surface area contributed by atoms with Crippen LogP contribution in [0.1, 0.15) is 20.3 Å². The molecule has 0 aromatic carbocycles. The van der Waals surface area contributed by atoms with E-state index in [9.17, 15) is 0 Å². The van der Waals surface area contributed by atoms with Crippen LogP contribution in [0.25, 0.3) is 0 Å². The summed E-state index contributed by atoms with van der Waals surface area (Å²) in [6.07, 6.45) is 1.37. The Morgan fingerprint density at radius 1 is 1.88 bits per heavy atom. The number of rotatable bonds is 2. The molecule has 0 aromatic rings. The van der Waals surface area contributed by atoms with Crippen molar-refractivity contribution in [3.05, 3.63) is 0 Å². The fourth-order valence-corrected chi connectivity index (χ4v) is 1.83. The monoisotopic (exact) mass is 130 g/mol. The fraction of sp³-hybridized carbons (Fsp3) is 1.00. The van der Waals surface area contributed by atoms with Crippen molar-refractivity contribution in [1.29, 1.82) is 0 Å². The van der Waals surface area contributed by atoms with Crippen LogP contribution in [0.2, 0.25) is 0 Å². The number of hydrogen-bond acceptors (Lipinski definition) is 1. The molecule has 2 atom stereocenters. The van der Waals surface area contributed by atoms with Crippen molar-refractivity contribution in [2.75, 3.05) is 6.61 Å². The third-order valence-electron chi connectivity index (χ3n) is 2.28. The number of hydrogen-bond donors (Lipinski definition) is 0. The Morgan fingerprint density at radius 2 is 2.38 bits per heavy atom. The van der Waals surface area contributed by atoms with Crippen LogP contribution in [0.4, 0.5) is 0 Å². The zero-order chi connectivity index (χ0) is 6.20. The zero-order valence-electron chi connectivity index (χ0n) is 5.90. The van der Waals surface area contributed by atoms with Crippen LogP contribution < -0.4 is 0 Å². The highest BCUT2D eigenvalue weighted by molar-refractivity contribution is 5.97. The Morgan fingerprint density at radius 3 is 2.50 bits per heavy atom. The van der Waals surface area contributed by atoms with E-state index in [1.54, 1.807) is 0 Å². The predicted molar refractivity (Wildman–Crippen MR) is 37.8 cm³/mol. The second-order valence-corrected chi connectivity index (χ2v) is 3.77. The first kappa shape index (κ1) is 6.30. The van der Waals surface area contributed by atoms with E-state index < -0.39 is 0 Å². The highest BCUT2D eigenvalue weighted by atomic mass is 28.2. The minimum atomic E-state index is 0.571. The van der Waals surface area contributed by atoms with E-state index in [4.69, 9.17) is 4.43 Å². The Kier molecular flexibility index (Phi) is 1.45. The van der Waals surface area contributed by atoms with E-state index >= 15 is 0 Å². The first-order chi connectivity index (χ1) is 3.69. The summed E-state index contributed by atoms with van der Waals surface area (Å²) in [4.78, 5) is 0. The molecule has 48 valence electrons. The molecular formula is C6H14OSi. The molecule has 1 aliphatic carbocycles. The summed E-state index contributed by atoms with van der Waals surface area (Å²) in [6, 6.07) is 0. The summed E-state index contributed by atoms with van der Waals surface area (Å²) < 4.78 is 5.18. The van der Waals surface area contributed by atoms with Crippen molar-refractivity contribution in [3.8, 4) is 0 Å². The highest BCUT2D eigenvalue weighted by Gasteiger charge is 2.45. The third-order valence-corrected chi connectivity index (χ3v) is 2.56. The molecule has 0 aromatic heterocycles. The molecular weight excluding hydrogens is 116 g/mol. The van der Waals surface area contributed by atoms with E-state index in [0.717, 1.165) is 23.0 Å². The van der Waals surface area contributed by atoms with Crippen molar-refractivity contribution in [3.63, 3.8) is 0 Å². The third kappa shape index (κ3) is 0.953. The van der Waals surface area contributed by atoms with Gasteiger partial charge in [-0.25, -0.2) is 0 Å². The smallest absolute Gasteiger partial charge is 0.145 e. The van der Waals surface area contributed by atoms with Gasteiger partial charge in [0.05, 0.1) is 0 Å². The van der Waals surface area contributed by atoms with Crippen molar-refractivity contribution >= 4 is 10.5 Å². The molecule has 0 amide bonds. The van der Waals surface area contributed by atoms with Gasteiger partial charge < -0.3 is 4.43 Å². The lowest BCUT2D eigenvalue weighted by Crippen LogP contribution is -2.05. The van der Waals surface area contributed by atoms with E-state index in [2.05, 4.69) is 13.8 Å². The lowest BCUT2D eigenvalue weighted by molar-refractivity contribution is 0.256. The highest BCUT2D eigenvalue weighted by Crippen LogP contribution is 2.51. The molecule has 0 aliphatic heterocycles. The molecule has 0 N–H and O–H groups in total. The van der Waals surface area contributed by atoms with Crippen LogP contribution in [-0.2, 0) is 4.43 Å². The van der Waals surface area contributed by atoms with Crippen LogP contribution in [-0.4, -0.2) is 17.1 Å². The normalized spacial score (nSPS) is 45.0. The molecule has 0 saturated heterocycles. The molecule has 8 heavy (non-hydrogen) atoms. The quantitative estimate of drug-likeness (QED) is 0.489. The van der Waals surface area contributed by atoms with Crippen molar-refractivity contribution in [2.45, 2.75) is 20.3 Å². The molecule has 1 fully saturated rings. The molecule has 0 bridgehead atoms. The SMILES string of the molecule is CC1CC1(C)CO[SiH3]. The Hall–Kier alpha value is 0.177. The Bertz CT molecular complexity index is 94.5. The minimum absolute atomic E-state index is 0.571. The Labute approximate surface area is 54.0 Å². The maximum Gasteiger partial charge on any atom is 0.145 e. The lowest BCUT2D eigenvalue weighted by atomic mass is 10.1. The van der Waals surface area contributed by atoms with Gasteiger partial charge in [-0.3, -0.25) is 0 Å². The maximum absolute atomic E-state index is 5.18. The van der Waals surface area contributed by atoms with E-state index in [1.807, 2.05) is 0 Å². The van der Waals surface area contributed by atoms with Gasteiger partial charge in [0, 0.05) is 6.61 Å². The molecule has 1 nitrogen and oxygen atoms in total. The van der Waals surface area contributed by atoms with Gasteiger partial charge in [0.25, 0.3) is 0 Å². The van der Waals surface area contributed by atoms with Gasteiger partial charge in [-0.1, -0.05) is 13.8 Å². The van der Waals surface area contributed by atoms with Crippen LogP contribution in [0, 0.1) is 11.3 Å². The van der Waals surface area contributed by atoms with Gasteiger partial charge in [0.1, 0.15) is 10.5 Å². The molecule has 2 unspecified atom stereocenters. The predicted octanol–water partition coefficient (Wildman–Crippen LogP) is 0.329. The van der Waals surface area contributed by atoms with Gasteiger partial charge in [0.2, 0.25) is 0 Å². The largest absolute Gasteiger partial charge is 0.427 e. The summed E-state index contributed by atoms with van der Waals surface area (Å²) in [6.45, 7) is 5.59. The van der Waals surface area contributed by atoms with Crippen molar-refractivity contribution in [1.82, 2.24) is 0 Å². The maximum atomic E-state index is 5.18. The first-order valence-electron chi connectivity index (χ1n) is 3.18. The molecule has 1 saturated carbocycles. The van der Waals surface area contributed by atoms with Crippen LogP contribution in [0.5, 0.6) is 0 Å². The standard InChI is InChI=1S/C6H14OSi/c1-5-3-6(5,2)4-7-8/h5H,3-4H2,1-2,8H3. The van der Waals surface area contributed by atoms with E-state index in [0.29, 0.717) is 5.41 Å². The Balaban J connectivity index is 2.25. The van der Waals surface area contributed by atoms with Gasteiger partial charge in [-0.15, -0.1) is 0 Å². The summed E-state index contributed by atoms with van der Waals surface area (Å²) in [7, 11) is 0.901. The summed E-state index contributed by atoms with van der Waals surface area (Å²) in [5.41, 5.74) is 0.571. The first-order valence-corrected chi connectivity index (χ1v) is 3.99. The average molecular weight is 130 g/mol. The van der Waals surface area contributed by atoms with Gasteiger partial charge in [-0.05, 0) is 17.8 Å². The molecule has 0 heterocycles. The summed E-state index contributed by atoms with van der Waals surface area (Å²) in [5, 5.41) is 0. The molecule has 2 heteroatoms. The second-order valence-electron chi connectivity index (χ2n) is 3.19. The summed E-state index contributed by atoms with van der Waals surface area (Å²) in [5.74, 6) is 0.913. The van der Waals surface area contributed by atoms with Gasteiger partial charge in [0.15, 0.2) is 0 Å². The van der Waals surface area contributed by atoms with E-state index in [1.165, 1.54) is 6.42 Å². The summed E-state index contributed by atoms with van der Waals surface area (Å²) >= 11 is 0. The van der Waals surface area contributed by atoms with Crippen LogP contribution >= 0.6 is 0 Å². The van der Waals surface area contributed by atoms with Crippen LogP contribution in [0.3, 0.4) is 0 Å². The second kappa shape index (κ2) is 1.85. The minimum Gasteiger partial charge on any atom is -0.427 e. The molecule has 1 rings (SSSR count). The van der Waals surface area contributed by atoms with Crippen LogP contribution in [0.15, 0.2) is 0 Å². The van der Waals surface area contributed by atoms with Gasteiger partial charge >= 0.3 is 0 Å². The van der Waals surface area contributed by atoms with E-state index in [-0.39, 0.29) is 0 Å². The molecule has 0 radical (unpaired) electrons. The molecule has 0 spiro atoms. The average Bonchev–Trinajstić information content (AvgIpc) is 2.16. The van der Waals surface area contributed by atoms with Crippen molar-refractivity contribution in [2.24, 2.45) is 11.3 Å². The van der Waals surface area contributed by atoms with Gasteiger partial charge in [-0.2, -0.15) is 0 Å². The van der Waals surface area contributed by atoms with Crippen molar-refractivity contribution < 1.29 is 4.43 Å². The zero-order valence-corrected chi connectivity index (χ0v) is 7.90. The topological polar surface area (TPSA) is 9.23 Å².